The molecule has 0 radical (unpaired) electrons. The monoisotopic (exact) mass is 322 g/mol. The normalized spacial score (nSPS) is 18.3. The van der Waals surface area contributed by atoms with Crippen molar-refractivity contribution in [3.63, 3.8) is 0 Å². The summed E-state index contributed by atoms with van der Waals surface area (Å²) >= 11 is 3.17. The topological polar surface area (TPSA) is 38.0 Å². The minimum absolute atomic E-state index is 0.151. The molecular formula is C12H14BrF3N2. The summed E-state index contributed by atoms with van der Waals surface area (Å²) in [6.45, 7) is 0.487. The lowest BCUT2D eigenvalue weighted by atomic mass is 9.76. The predicted molar refractivity (Wildman–Crippen MR) is 68.4 cm³/mol. The maximum absolute atomic E-state index is 12.5. The van der Waals surface area contributed by atoms with Crippen LogP contribution in [0.4, 0.5) is 18.9 Å². The van der Waals surface area contributed by atoms with Crippen LogP contribution in [-0.4, -0.2) is 12.1 Å². The van der Waals surface area contributed by atoms with Crippen molar-refractivity contribution in [2.75, 3.05) is 11.9 Å². The molecule has 0 unspecified atom stereocenters. The number of halogens is 4. The van der Waals surface area contributed by atoms with E-state index >= 15 is 0 Å². The molecule has 1 aliphatic rings. The Hall–Kier alpha value is -0.750. The van der Waals surface area contributed by atoms with Crippen LogP contribution in [0.15, 0.2) is 22.7 Å². The van der Waals surface area contributed by atoms with E-state index in [2.05, 4.69) is 21.2 Å². The number of benzene rings is 1. The van der Waals surface area contributed by atoms with Crippen molar-refractivity contribution in [2.45, 2.75) is 31.0 Å². The van der Waals surface area contributed by atoms with Gasteiger partial charge in [0, 0.05) is 22.2 Å². The van der Waals surface area contributed by atoms with Crippen molar-refractivity contribution < 1.29 is 13.2 Å². The van der Waals surface area contributed by atoms with Crippen LogP contribution in [0.25, 0.3) is 0 Å². The van der Waals surface area contributed by atoms with E-state index in [-0.39, 0.29) is 5.54 Å². The van der Waals surface area contributed by atoms with Gasteiger partial charge in [-0.2, -0.15) is 13.2 Å². The molecule has 2 nitrogen and oxygen atoms in total. The first kappa shape index (κ1) is 13.7. The quantitative estimate of drug-likeness (QED) is 0.889. The van der Waals surface area contributed by atoms with Crippen molar-refractivity contribution in [1.82, 2.24) is 0 Å². The van der Waals surface area contributed by atoms with Gasteiger partial charge >= 0.3 is 6.18 Å². The third-order valence-corrected chi connectivity index (χ3v) is 4.05. The first-order valence-electron chi connectivity index (χ1n) is 5.71. The van der Waals surface area contributed by atoms with Crippen molar-refractivity contribution in [3.8, 4) is 0 Å². The zero-order valence-corrected chi connectivity index (χ0v) is 11.2. The fourth-order valence-corrected chi connectivity index (χ4v) is 2.54. The van der Waals surface area contributed by atoms with E-state index in [9.17, 15) is 13.2 Å². The molecule has 2 rings (SSSR count). The molecule has 0 amide bonds. The standard InChI is InChI=1S/C12H14BrF3N2/c13-9-6-8(12(14,15)16)2-3-10(9)18-11(7-17)4-1-5-11/h2-3,6,18H,1,4-5,7,17H2. The van der Waals surface area contributed by atoms with E-state index in [4.69, 9.17) is 5.73 Å². The van der Waals surface area contributed by atoms with E-state index in [0.717, 1.165) is 31.4 Å². The largest absolute Gasteiger partial charge is 0.416 e. The van der Waals surface area contributed by atoms with Gasteiger partial charge in [-0.05, 0) is 53.4 Å². The second-order valence-corrected chi connectivity index (χ2v) is 5.51. The Morgan fingerprint density at radius 1 is 1.33 bits per heavy atom. The average Bonchev–Trinajstić information content (AvgIpc) is 2.24. The van der Waals surface area contributed by atoms with E-state index in [1.807, 2.05) is 0 Å². The minimum atomic E-state index is -4.32. The van der Waals surface area contributed by atoms with Gasteiger partial charge in [-0.25, -0.2) is 0 Å². The number of alkyl halides is 3. The highest BCUT2D eigenvalue weighted by atomic mass is 79.9. The number of hydrogen-bond donors (Lipinski definition) is 2. The van der Waals surface area contributed by atoms with E-state index < -0.39 is 11.7 Å². The van der Waals surface area contributed by atoms with Crippen molar-refractivity contribution >= 4 is 21.6 Å². The van der Waals surface area contributed by atoms with Crippen LogP contribution in [0.3, 0.4) is 0 Å². The third-order valence-electron chi connectivity index (χ3n) is 3.40. The lowest BCUT2D eigenvalue weighted by molar-refractivity contribution is -0.137. The van der Waals surface area contributed by atoms with Gasteiger partial charge in [-0.1, -0.05) is 0 Å². The summed E-state index contributed by atoms with van der Waals surface area (Å²) in [6.07, 6.45) is -1.31. The molecule has 1 saturated carbocycles. The molecule has 1 aromatic carbocycles. The summed E-state index contributed by atoms with van der Waals surface area (Å²) < 4.78 is 38.0. The van der Waals surface area contributed by atoms with E-state index in [1.54, 1.807) is 0 Å². The Balaban J connectivity index is 2.20. The molecule has 0 heterocycles. The van der Waals surface area contributed by atoms with Gasteiger partial charge in [0.25, 0.3) is 0 Å². The zero-order chi connectivity index (χ0) is 13.4. The summed E-state index contributed by atoms with van der Waals surface area (Å²) in [5.41, 5.74) is 5.56. The molecule has 100 valence electrons. The minimum Gasteiger partial charge on any atom is -0.377 e. The second kappa shape index (κ2) is 4.74. The fourth-order valence-electron chi connectivity index (χ4n) is 2.06. The van der Waals surface area contributed by atoms with Gasteiger partial charge in [0.2, 0.25) is 0 Å². The number of hydrogen-bond acceptors (Lipinski definition) is 2. The van der Waals surface area contributed by atoms with Gasteiger partial charge in [-0.15, -0.1) is 0 Å². The molecule has 1 aromatic rings. The molecule has 0 aromatic heterocycles. The van der Waals surface area contributed by atoms with E-state index in [0.29, 0.717) is 16.7 Å². The molecule has 0 saturated heterocycles. The first-order chi connectivity index (χ1) is 8.36. The zero-order valence-electron chi connectivity index (χ0n) is 9.65. The van der Waals surface area contributed by atoms with Gasteiger partial charge in [0.05, 0.1) is 5.56 Å². The van der Waals surface area contributed by atoms with Crippen LogP contribution >= 0.6 is 15.9 Å². The van der Waals surface area contributed by atoms with Gasteiger partial charge in [-0.3, -0.25) is 0 Å². The van der Waals surface area contributed by atoms with Crippen LogP contribution in [0.5, 0.6) is 0 Å². The van der Waals surface area contributed by atoms with E-state index in [1.165, 1.54) is 6.07 Å². The van der Waals surface area contributed by atoms with Crippen LogP contribution in [-0.2, 0) is 6.18 Å². The Labute approximate surface area is 112 Å². The molecule has 0 spiro atoms. The molecule has 0 atom stereocenters. The summed E-state index contributed by atoms with van der Waals surface area (Å²) in [5.74, 6) is 0. The molecule has 3 N–H and O–H groups in total. The Kier molecular flexibility index (Phi) is 3.60. The van der Waals surface area contributed by atoms with Gasteiger partial charge in [0.1, 0.15) is 0 Å². The SMILES string of the molecule is NCC1(Nc2ccc(C(F)(F)F)cc2Br)CCC1. The van der Waals surface area contributed by atoms with Crippen molar-refractivity contribution in [3.05, 3.63) is 28.2 Å². The van der Waals surface area contributed by atoms with Gasteiger partial charge < -0.3 is 11.1 Å². The molecular weight excluding hydrogens is 309 g/mol. The fraction of sp³-hybridized carbons (Fsp3) is 0.500. The highest BCUT2D eigenvalue weighted by Gasteiger charge is 2.36. The lowest BCUT2D eigenvalue weighted by Gasteiger charge is -2.42. The Bertz CT molecular complexity index is 436. The number of rotatable bonds is 3. The Morgan fingerprint density at radius 3 is 2.39 bits per heavy atom. The van der Waals surface area contributed by atoms with Crippen LogP contribution < -0.4 is 11.1 Å². The second-order valence-electron chi connectivity index (χ2n) is 4.66. The average molecular weight is 323 g/mol. The highest BCUT2D eigenvalue weighted by molar-refractivity contribution is 9.10. The smallest absolute Gasteiger partial charge is 0.377 e. The summed E-state index contributed by atoms with van der Waals surface area (Å²) in [7, 11) is 0. The van der Waals surface area contributed by atoms with Crippen molar-refractivity contribution in [2.24, 2.45) is 5.73 Å². The molecule has 0 bridgehead atoms. The van der Waals surface area contributed by atoms with Crippen LogP contribution in [0.1, 0.15) is 24.8 Å². The van der Waals surface area contributed by atoms with Crippen LogP contribution in [0.2, 0.25) is 0 Å². The maximum atomic E-state index is 12.5. The number of nitrogens with one attached hydrogen (secondary N) is 1. The summed E-state index contributed by atoms with van der Waals surface area (Å²) in [6, 6.07) is 3.61. The molecule has 1 aliphatic carbocycles. The van der Waals surface area contributed by atoms with Crippen molar-refractivity contribution in [1.29, 1.82) is 0 Å². The predicted octanol–water partition coefficient (Wildman–Crippen LogP) is 3.76. The molecule has 1 fully saturated rings. The summed E-state index contributed by atoms with van der Waals surface area (Å²) in [4.78, 5) is 0. The molecule has 18 heavy (non-hydrogen) atoms. The molecule has 6 heteroatoms. The maximum Gasteiger partial charge on any atom is 0.416 e. The summed E-state index contributed by atoms with van der Waals surface area (Å²) in [5, 5.41) is 3.25. The van der Waals surface area contributed by atoms with Gasteiger partial charge in [0.15, 0.2) is 0 Å². The highest BCUT2D eigenvalue weighted by Crippen LogP contribution is 2.38. The first-order valence-corrected chi connectivity index (χ1v) is 6.51. The number of nitrogens with two attached hydrogens (primary N) is 1. The molecule has 0 aliphatic heterocycles. The Morgan fingerprint density at radius 2 is 2.00 bits per heavy atom. The number of anilines is 1. The third kappa shape index (κ3) is 2.64. The van der Waals surface area contributed by atoms with Crippen LogP contribution in [0, 0.1) is 0 Å². The lowest BCUT2D eigenvalue weighted by Crippen LogP contribution is -2.51.